The van der Waals surface area contributed by atoms with E-state index in [4.69, 9.17) is 0 Å². The Kier molecular flexibility index (Phi) is 3.93. The summed E-state index contributed by atoms with van der Waals surface area (Å²) in [5.41, 5.74) is 5.22. The maximum Gasteiger partial charge on any atom is 0.237 e. The second-order valence-corrected chi connectivity index (χ2v) is 7.09. The van der Waals surface area contributed by atoms with Crippen LogP contribution in [0.5, 0.6) is 0 Å². The van der Waals surface area contributed by atoms with Crippen LogP contribution in [0.2, 0.25) is 0 Å². The van der Waals surface area contributed by atoms with Gasteiger partial charge in [0.25, 0.3) is 0 Å². The number of nitrogens with zero attached hydrogens (tertiary/aromatic N) is 2. The molecule has 0 fully saturated rings. The zero-order valence-corrected chi connectivity index (χ0v) is 15.1. The van der Waals surface area contributed by atoms with Crippen LogP contribution in [0.15, 0.2) is 71.7 Å². The molecule has 138 valence electrons. The summed E-state index contributed by atoms with van der Waals surface area (Å²) in [5.74, 6) is -0.873. The first-order chi connectivity index (χ1) is 13.7. The molecule has 0 aromatic heterocycles. The number of aliphatic imine (C=N–C) groups is 1. The normalized spacial score (nSPS) is 17.7. The molecule has 0 bridgehead atoms. The summed E-state index contributed by atoms with van der Waals surface area (Å²) < 4.78 is 14.7. The Hall–Kier alpha value is -3.47. The topological polar surface area (TPSA) is 44.7 Å². The molecule has 0 saturated heterocycles. The number of carbonyl (C=O) groups excluding carboxylic acids is 1. The molecule has 3 aromatic rings. The van der Waals surface area contributed by atoms with Crippen LogP contribution in [-0.2, 0) is 17.9 Å². The highest BCUT2D eigenvalue weighted by Crippen LogP contribution is 2.33. The Bertz CT molecular complexity index is 1080. The lowest BCUT2D eigenvalue weighted by atomic mass is 10.0. The van der Waals surface area contributed by atoms with Crippen molar-refractivity contribution in [3.8, 4) is 0 Å². The molecule has 0 saturated carbocycles. The van der Waals surface area contributed by atoms with E-state index in [0.717, 1.165) is 11.3 Å². The number of hydrogen-bond donors (Lipinski definition) is 1. The minimum absolute atomic E-state index is 0.114. The van der Waals surface area contributed by atoms with Gasteiger partial charge in [-0.2, -0.15) is 0 Å². The highest BCUT2D eigenvalue weighted by molar-refractivity contribution is 6.12. The summed E-state index contributed by atoms with van der Waals surface area (Å²) >= 11 is 0. The lowest BCUT2D eigenvalue weighted by Gasteiger charge is -2.18. The number of fused-ring (bicyclic) bond motifs is 2. The SMILES string of the molecule is O=C1Nc2ccccc2C1C=Nc1ccc(N2Cc3ccccc3C2)c(F)c1. The van der Waals surface area contributed by atoms with Crippen molar-refractivity contribution in [2.45, 2.75) is 19.0 Å². The van der Waals surface area contributed by atoms with E-state index in [1.807, 2.05) is 41.3 Å². The molecular formula is C23H18FN3O. The van der Waals surface area contributed by atoms with Crippen LogP contribution in [0.4, 0.5) is 21.5 Å². The third kappa shape index (κ3) is 2.85. The van der Waals surface area contributed by atoms with Gasteiger partial charge in [-0.05, 0) is 34.9 Å². The van der Waals surface area contributed by atoms with Crippen LogP contribution in [0, 0.1) is 5.82 Å². The van der Waals surface area contributed by atoms with Gasteiger partial charge in [-0.1, -0.05) is 42.5 Å². The van der Waals surface area contributed by atoms with Crippen LogP contribution < -0.4 is 10.2 Å². The lowest BCUT2D eigenvalue weighted by Crippen LogP contribution is -2.15. The van der Waals surface area contributed by atoms with E-state index in [1.165, 1.54) is 17.2 Å². The monoisotopic (exact) mass is 371 g/mol. The quantitative estimate of drug-likeness (QED) is 0.673. The average molecular weight is 371 g/mol. The molecule has 1 unspecified atom stereocenters. The van der Waals surface area contributed by atoms with Crippen LogP contribution in [0.25, 0.3) is 0 Å². The predicted molar refractivity (Wildman–Crippen MR) is 109 cm³/mol. The van der Waals surface area contributed by atoms with Crippen molar-refractivity contribution in [1.29, 1.82) is 0 Å². The zero-order valence-electron chi connectivity index (χ0n) is 15.1. The van der Waals surface area contributed by atoms with E-state index in [-0.39, 0.29) is 11.7 Å². The summed E-state index contributed by atoms with van der Waals surface area (Å²) in [6.45, 7) is 1.41. The third-order valence-corrected chi connectivity index (χ3v) is 5.32. The minimum Gasteiger partial charge on any atom is -0.360 e. The molecule has 2 heterocycles. The van der Waals surface area contributed by atoms with Crippen LogP contribution in [0.1, 0.15) is 22.6 Å². The van der Waals surface area contributed by atoms with Crippen molar-refractivity contribution >= 4 is 29.2 Å². The first-order valence-electron chi connectivity index (χ1n) is 9.24. The van der Waals surface area contributed by atoms with E-state index in [2.05, 4.69) is 22.4 Å². The van der Waals surface area contributed by atoms with Crippen molar-refractivity contribution < 1.29 is 9.18 Å². The van der Waals surface area contributed by atoms with Crippen LogP contribution >= 0.6 is 0 Å². The first kappa shape index (κ1) is 16.7. The van der Waals surface area contributed by atoms with Crippen LogP contribution in [0.3, 0.4) is 0 Å². The maximum absolute atomic E-state index is 14.7. The predicted octanol–water partition coefficient (Wildman–Crippen LogP) is 4.78. The molecular weight excluding hydrogens is 353 g/mol. The number of rotatable bonds is 3. The number of benzene rings is 3. The van der Waals surface area contributed by atoms with Crippen molar-refractivity contribution in [3.63, 3.8) is 0 Å². The molecule has 0 aliphatic carbocycles. The molecule has 0 spiro atoms. The number of para-hydroxylation sites is 1. The number of carbonyl (C=O) groups is 1. The standard InChI is InChI=1S/C23H18FN3O/c24-20-11-17(25-12-19-18-7-3-4-8-21(18)26-23(19)28)9-10-22(20)27-13-15-5-1-2-6-16(15)14-27/h1-12,19H,13-14H2,(H,26,28). The van der Waals surface area contributed by atoms with Gasteiger partial charge in [0.05, 0.1) is 11.4 Å². The van der Waals surface area contributed by atoms with Crippen molar-refractivity contribution in [1.82, 2.24) is 0 Å². The molecule has 5 rings (SSSR count). The summed E-state index contributed by atoms with van der Waals surface area (Å²) in [4.78, 5) is 18.6. The molecule has 1 atom stereocenters. The van der Waals surface area contributed by atoms with E-state index < -0.39 is 5.92 Å². The third-order valence-electron chi connectivity index (χ3n) is 5.32. The summed E-state index contributed by atoms with van der Waals surface area (Å²) in [5, 5.41) is 2.84. The Morgan fingerprint density at radius 3 is 2.46 bits per heavy atom. The van der Waals surface area contributed by atoms with Gasteiger partial charge < -0.3 is 10.2 Å². The smallest absolute Gasteiger partial charge is 0.237 e. The molecule has 2 aliphatic rings. The Morgan fingerprint density at radius 1 is 1.00 bits per heavy atom. The van der Waals surface area contributed by atoms with Crippen molar-refractivity contribution in [3.05, 3.63) is 89.2 Å². The number of hydrogen-bond acceptors (Lipinski definition) is 3. The largest absolute Gasteiger partial charge is 0.360 e. The molecule has 4 nitrogen and oxygen atoms in total. The fourth-order valence-electron chi connectivity index (χ4n) is 3.88. The summed E-state index contributed by atoms with van der Waals surface area (Å²) in [6.07, 6.45) is 1.58. The Morgan fingerprint density at radius 2 is 1.71 bits per heavy atom. The maximum atomic E-state index is 14.7. The minimum atomic E-state index is -0.452. The summed E-state index contributed by atoms with van der Waals surface area (Å²) in [6, 6.07) is 20.7. The van der Waals surface area contributed by atoms with Gasteiger partial charge in [0.15, 0.2) is 0 Å². The van der Waals surface area contributed by atoms with Crippen molar-refractivity contribution in [2.75, 3.05) is 10.2 Å². The number of amides is 1. The number of halogens is 1. The Balaban J connectivity index is 1.36. The van der Waals surface area contributed by atoms with E-state index in [0.29, 0.717) is 24.5 Å². The first-order valence-corrected chi connectivity index (χ1v) is 9.24. The van der Waals surface area contributed by atoms with Crippen LogP contribution in [-0.4, -0.2) is 12.1 Å². The Labute approximate surface area is 162 Å². The molecule has 1 amide bonds. The summed E-state index contributed by atoms with van der Waals surface area (Å²) in [7, 11) is 0. The number of anilines is 2. The number of nitrogens with one attached hydrogen (secondary N) is 1. The van der Waals surface area contributed by atoms with Gasteiger partial charge in [0.1, 0.15) is 11.7 Å². The molecule has 1 N–H and O–H groups in total. The van der Waals surface area contributed by atoms with Gasteiger partial charge in [-0.3, -0.25) is 9.79 Å². The second-order valence-electron chi connectivity index (χ2n) is 7.09. The zero-order chi connectivity index (χ0) is 19.1. The fraction of sp³-hybridized carbons (Fsp3) is 0.130. The molecule has 5 heteroatoms. The highest BCUT2D eigenvalue weighted by atomic mass is 19.1. The van der Waals surface area contributed by atoms with Gasteiger partial charge in [-0.25, -0.2) is 4.39 Å². The van der Waals surface area contributed by atoms with E-state index >= 15 is 0 Å². The highest BCUT2D eigenvalue weighted by Gasteiger charge is 2.28. The molecule has 3 aromatic carbocycles. The second kappa shape index (κ2) is 6.60. The average Bonchev–Trinajstić information content (AvgIpc) is 3.26. The van der Waals surface area contributed by atoms with Gasteiger partial charge >= 0.3 is 0 Å². The lowest BCUT2D eigenvalue weighted by molar-refractivity contribution is -0.115. The van der Waals surface area contributed by atoms with Crippen molar-refractivity contribution in [2.24, 2.45) is 4.99 Å². The van der Waals surface area contributed by atoms with E-state index in [9.17, 15) is 9.18 Å². The molecule has 2 aliphatic heterocycles. The molecule has 28 heavy (non-hydrogen) atoms. The van der Waals surface area contributed by atoms with E-state index in [1.54, 1.807) is 18.3 Å². The fourth-order valence-corrected chi connectivity index (χ4v) is 3.88. The van der Waals surface area contributed by atoms with Gasteiger partial charge in [0.2, 0.25) is 5.91 Å². The van der Waals surface area contributed by atoms with Gasteiger partial charge in [-0.15, -0.1) is 0 Å². The van der Waals surface area contributed by atoms with Gasteiger partial charge in [0, 0.05) is 31.1 Å². The molecule has 0 radical (unpaired) electrons.